The molecule has 24 heavy (non-hydrogen) atoms. The van der Waals surface area contributed by atoms with Gasteiger partial charge in [0.2, 0.25) is 5.91 Å². The molecule has 1 aliphatic carbocycles. The molecule has 1 N–H and O–H groups in total. The van der Waals surface area contributed by atoms with Crippen LogP contribution in [-0.4, -0.2) is 11.7 Å². The van der Waals surface area contributed by atoms with Crippen LogP contribution in [0.3, 0.4) is 0 Å². The standard InChI is InChI=1S/C20H20INO2/c1-13-11-17(21)7-8-18(13)22-20(24)10-9-19(23)16-6-5-14-3-2-4-15(14)12-16/h5-8,11-12H,2-4,9-10H2,1H3,(H,22,24). The van der Waals surface area contributed by atoms with Gasteiger partial charge in [-0.1, -0.05) is 12.1 Å². The lowest BCUT2D eigenvalue weighted by Gasteiger charge is -2.09. The molecule has 4 heteroatoms. The number of ketones is 1. The summed E-state index contributed by atoms with van der Waals surface area (Å²) >= 11 is 2.24. The first-order chi connectivity index (χ1) is 11.5. The lowest BCUT2D eigenvalue weighted by Crippen LogP contribution is -2.14. The second-order valence-electron chi connectivity index (χ2n) is 6.27. The van der Waals surface area contributed by atoms with Gasteiger partial charge in [-0.15, -0.1) is 0 Å². The number of nitrogens with one attached hydrogen (secondary N) is 1. The predicted octanol–water partition coefficient (Wildman–Crippen LogP) is 4.69. The monoisotopic (exact) mass is 433 g/mol. The molecule has 0 atom stereocenters. The fourth-order valence-corrected chi connectivity index (χ4v) is 3.74. The zero-order chi connectivity index (χ0) is 17.1. The molecule has 0 saturated carbocycles. The molecule has 1 amide bonds. The molecule has 124 valence electrons. The maximum absolute atomic E-state index is 12.3. The minimum atomic E-state index is -0.117. The van der Waals surface area contributed by atoms with Crippen LogP contribution in [-0.2, 0) is 17.6 Å². The number of Topliss-reactive ketones (excluding diaryl/α,β-unsaturated/α-hetero) is 1. The SMILES string of the molecule is Cc1cc(I)ccc1NC(=O)CCC(=O)c1ccc2c(c1)CCC2. The van der Waals surface area contributed by atoms with Gasteiger partial charge in [-0.3, -0.25) is 9.59 Å². The fourth-order valence-electron chi connectivity index (χ4n) is 3.10. The van der Waals surface area contributed by atoms with Gasteiger partial charge < -0.3 is 5.32 Å². The van der Waals surface area contributed by atoms with Crippen LogP contribution in [0.5, 0.6) is 0 Å². The van der Waals surface area contributed by atoms with E-state index in [1.807, 2.05) is 37.3 Å². The Bertz CT molecular complexity index is 798. The number of halogens is 1. The molecule has 0 heterocycles. The Hall–Kier alpha value is -1.69. The predicted molar refractivity (Wildman–Crippen MR) is 105 cm³/mol. The zero-order valence-corrected chi connectivity index (χ0v) is 15.9. The molecule has 0 fully saturated rings. The maximum Gasteiger partial charge on any atom is 0.224 e. The summed E-state index contributed by atoms with van der Waals surface area (Å²) in [7, 11) is 0. The molecule has 0 spiro atoms. The van der Waals surface area contributed by atoms with Crippen LogP contribution in [0.1, 0.15) is 46.3 Å². The number of hydrogen-bond donors (Lipinski definition) is 1. The Morgan fingerprint density at radius 2 is 1.83 bits per heavy atom. The van der Waals surface area contributed by atoms with E-state index in [-0.39, 0.29) is 24.5 Å². The third kappa shape index (κ3) is 4.04. The molecule has 2 aromatic carbocycles. The van der Waals surface area contributed by atoms with Gasteiger partial charge in [-0.05, 0) is 89.7 Å². The van der Waals surface area contributed by atoms with E-state index >= 15 is 0 Å². The molecule has 2 aromatic rings. The molecule has 0 radical (unpaired) electrons. The fraction of sp³-hybridized carbons (Fsp3) is 0.300. The Balaban J connectivity index is 1.57. The second-order valence-corrected chi connectivity index (χ2v) is 7.51. The van der Waals surface area contributed by atoms with Crippen LogP contribution in [0.25, 0.3) is 0 Å². The average molecular weight is 433 g/mol. The highest BCUT2D eigenvalue weighted by Gasteiger charge is 2.15. The van der Waals surface area contributed by atoms with Gasteiger partial charge in [-0.2, -0.15) is 0 Å². The van der Waals surface area contributed by atoms with Crippen molar-refractivity contribution in [1.82, 2.24) is 0 Å². The van der Waals surface area contributed by atoms with Crippen LogP contribution >= 0.6 is 22.6 Å². The van der Waals surface area contributed by atoms with Crippen LogP contribution < -0.4 is 5.32 Å². The number of anilines is 1. The minimum Gasteiger partial charge on any atom is -0.326 e. The summed E-state index contributed by atoms with van der Waals surface area (Å²) in [5.74, 6) is -0.0759. The highest BCUT2D eigenvalue weighted by atomic mass is 127. The van der Waals surface area contributed by atoms with Crippen LogP contribution in [0.15, 0.2) is 36.4 Å². The second kappa shape index (κ2) is 7.47. The quantitative estimate of drug-likeness (QED) is 0.550. The molecular weight excluding hydrogens is 413 g/mol. The average Bonchev–Trinajstić information content (AvgIpc) is 3.03. The summed E-state index contributed by atoms with van der Waals surface area (Å²) < 4.78 is 1.13. The molecular formula is C20H20INO2. The van der Waals surface area contributed by atoms with Gasteiger partial charge >= 0.3 is 0 Å². The summed E-state index contributed by atoms with van der Waals surface area (Å²) in [6.45, 7) is 1.97. The largest absolute Gasteiger partial charge is 0.326 e. The zero-order valence-electron chi connectivity index (χ0n) is 13.7. The van der Waals surface area contributed by atoms with Crippen molar-refractivity contribution >= 4 is 40.0 Å². The summed E-state index contributed by atoms with van der Waals surface area (Å²) in [4.78, 5) is 24.4. The van der Waals surface area contributed by atoms with Gasteiger partial charge in [0.25, 0.3) is 0 Å². The number of carbonyl (C=O) groups is 2. The third-order valence-corrected chi connectivity index (χ3v) is 5.13. The minimum absolute atomic E-state index is 0.0409. The molecule has 3 nitrogen and oxygen atoms in total. The van der Waals surface area contributed by atoms with Crippen molar-refractivity contribution in [3.8, 4) is 0 Å². The smallest absolute Gasteiger partial charge is 0.224 e. The van der Waals surface area contributed by atoms with Crippen molar-refractivity contribution in [2.24, 2.45) is 0 Å². The lowest BCUT2D eigenvalue weighted by molar-refractivity contribution is -0.116. The first kappa shape index (κ1) is 17.1. The van der Waals surface area contributed by atoms with Gasteiger partial charge in [0.15, 0.2) is 5.78 Å². The number of benzene rings is 2. The topological polar surface area (TPSA) is 46.2 Å². The van der Waals surface area contributed by atoms with Crippen molar-refractivity contribution in [2.45, 2.75) is 39.0 Å². The van der Waals surface area contributed by atoms with Crippen LogP contribution in [0.4, 0.5) is 5.69 Å². The first-order valence-electron chi connectivity index (χ1n) is 8.24. The van der Waals surface area contributed by atoms with Gasteiger partial charge in [-0.25, -0.2) is 0 Å². The van der Waals surface area contributed by atoms with E-state index < -0.39 is 0 Å². The summed E-state index contributed by atoms with van der Waals surface area (Å²) in [6, 6.07) is 11.8. The Morgan fingerprint density at radius 3 is 2.62 bits per heavy atom. The molecule has 0 bridgehead atoms. The van der Waals surface area contributed by atoms with E-state index in [1.165, 1.54) is 17.5 Å². The van der Waals surface area contributed by atoms with Crippen molar-refractivity contribution in [2.75, 3.05) is 5.32 Å². The van der Waals surface area contributed by atoms with Crippen LogP contribution in [0, 0.1) is 10.5 Å². The van der Waals surface area contributed by atoms with Gasteiger partial charge in [0.1, 0.15) is 0 Å². The molecule has 1 aliphatic rings. The Labute approximate surface area is 156 Å². The molecule has 3 rings (SSSR count). The summed E-state index contributed by atoms with van der Waals surface area (Å²) in [6.07, 6.45) is 3.80. The number of rotatable bonds is 5. The Morgan fingerprint density at radius 1 is 1.04 bits per heavy atom. The van der Waals surface area contributed by atoms with Crippen LogP contribution in [0.2, 0.25) is 0 Å². The molecule has 0 aliphatic heterocycles. The van der Waals surface area contributed by atoms with Crippen molar-refractivity contribution in [1.29, 1.82) is 0 Å². The van der Waals surface area contributed by atoms with Crippen molar-refractivity contribution < 1.29 is 9.59 Å². The van der Waals surface area contributed by atoms with E-state index in [4.69, 9.17) is 0 Å². The molecule has 0 saturated heterocycles. The van der Waals surface area contributed by atoms with Crippen molar-refractivity contribution in [3.63, 3.8) is 0 Å². The van der Waals surface area contributed by atoms with Crippen molar-refractivity contribution in [3.05, 3.63) is 62.2 Å². The number of hydrogen-bond acceptors (Lipinski definition) is 2. The lowest BCUT2D eigenvalue weighted by atomic mass is 10.0. The van der Waals surface area contributed by atoms with E-state index in [9.17, 15) is 9.59 Å². The van der Waals surface area contributed by atoms with Gasteiger partial charge in [0, 0.05) is 27.7 Å². The number of amides is 1. The highest BCUT2D eigenvalue weighted by molar-refractivity contribution is 14.1. The molecule has 0 aromatic heterocycles. The third-order valence-electron chi connectivity index (χ3n) is 4.46. The van der Waals surface area contributed by atoms with Gasteiger partial charge in [0.05, 0.1) is 0 Å². The number of carbonyl (C=O) groups excluding carboxylic acids is 2. The first-order valence-corrected chi connectivity index (χ1v) is 9.32. The molecule has 0 unspecified atom stereocenters. The normalized spacial score (nSPS) is 12.8. The number of fused-ring (bicyclic) bond motifs is 1. The van der Waals surface area contributed by atoms with E-state index in [1.54, 1.807) is 0 Å². The Kier molecular flexibility index (Phi) is 5.33. The van der Waals surface area contributed by atoms with E-state index in [2.05, 4.69) is 34.0 Å². The van der Waals surface area contributed by atoms with E-state index in [0.717, 1.165) is 33.2 Å². The highest BCUT2D eigenvalue weighted by Crippen LogP contribution is 2.23. The maximum atomic E-state index is 12.3. The number of aryl methyl sites for hydroxylation is 3. The van der Waals surface area contributed by atoms with E-state index in [0.29, 0.717) is 0 Å². The summed E-state index contributed by atoms with van der Waals surface area (Å²) in [5.41, 5.74) is 5.22. The summed E-state index contributed by atoms with van der Waals surface area (Å²) in [5, 5.41) is 2.89.